The molecule has 1 atom stereocenters. The summed E-state index contributed by atoms with van der Waals surface area (Å²) in [5, 5.41) is 22.9. The summed E-state index contributed by atoms with van der Waals surface area (Å²) in [6.07, 6.45) is 0. The van der Waals surface area contributed by atoms with Crippen LogP contribution in [0.15, 0.2) is 60.7 Å². The van der Waals surface area contributed by atoms with E-state index in [-0.39, 0.29) is 12.6 Å². The second kappa shape index (κ2) is 6.51. The first-order valence-corrected chi connectivity index (χ1v) is 8.46. The van der Waals surface area contributed by atoms with Gasteiger partial charge in [-0.1, -0.05) is 42.5 Å². The van der Waals surface area contributed by atoms with Crippen molar-refractivity contribution in [3.05, 3.63) is 77.4 Å². The molecule has 5 heteroatoms. The Balaban J connectivity index is 1.93. The summed E-state index contributed by atoms with van der Waals surface area (Å²) in [4.78, 5) is 4.65. The molecular formula is C21H18N4O. The molecule has 2 N–H and O–H groups in total. The molecule has 0 spiro atoms. The van der Waals surface area contributed by atoms with E-state index < -0.39 is 0 Å². The Labute approximate surface area is 151 Å². The first-order valence-electron chi connectivity index (χ1n) is 8.46. The number of anilines is 1. The Morgan fingerprint density at radius 2 is 1.88 bits per heavy atom. The van der Waals surface area contributed by atoms with Gasteiger partial charge in [0.05, 0.1) is 29.2 Å². The van der Waals surface area contributed by atoms with Crippen LogP contribution in [-0.4, -0.2) is 21.1 Å². The van der Waals surface area contributed by atoms with Crippen molar-refractivity contribution >= 4 is 22.5 Å². The Bertz CT molecular complexity index is 1130. The number of para-hydroxylation sites is 2. The van der Waals surface area contributed by atoms with Crippen LogP contribution in [0.25, 0.3) is 16.7 Å². The maximum Gasteiger partial charge on any atom is 0.157 e. The first kappa shape index (κ1) is 16.1. The van der Waals surface area contributed by atoms with E-state index in [1.54, 1.807) is 0 Å². The van der Waals surface area contributed by atoms with Crippen molar-refractivity contribution in [1.82, 2.24) is 9.38 Å². The number of aliphatic hydroxyl groups is 1. The maximum absolute atomic E-state index is 9.91. The van der Waals surface area contributed by atoms with Crippen LogP contribution >= 0.6 is 0 Å². The van der Waals surface area contributed by atoms with E-state index in [1.807, 2.05) is 72.0 Å². The van der Waals surface area contributed by atoms with Crippen molar-refractivity contribution in [2.24, 2.45) is 0 Å². The number of aliphatic hydroxyl groups excluding tert-OH is 1. The van der Waals surface area contributed by atoms with E-state index in [0.717, 1.165) is 28.0 Å². The molecule has 0 saturated heterocycles. The predicted molar refractivity (Wildman–Crippen MR) is 102 cm³/mol. The lowest BCUT2D eigenvalue weighted by molar-refractivity contribution is 0.276. The van der Waals surface area contributed by atoms with Crippen LogP contribution in [0.5, 0.6) is 0 Å². The number of rotatable bonds is 4. The number of pyridine rings is 1. The molecule has 0 aliphatic heterocycles. The maximum atomic E-state index is 9.91. The highest BCUT2D eigenvalue weighted by Crippen LogP contribution is 2.28. The molecular weight excluding hydrogens is 324 g/mol. The Morgan fingerprint density at radius 3 is 2.62 bits per heavy atom. The lowest BCUT2D eigenvalue weighted by Crippen LogP contribution is -2.17. The minimum Gasteiger partial charge on any atom is -0.394 e. The van der Waals surface area contributed by atoms with Gasteiger partial charge in [-0.2, -0.15) is 5.26 Å². The summed E-state index contributed by atoms with van der Waals surface area (Å²) in [6, 6.07) is 21.6. The zero-order chi connectivity index (χ0) is 18.1. The van der Waals surface area contributed by atoms with Gasteiger partial charge in [0.15, 0.2) is 5.65 Å². The van der Waals surface area contributed by atoms with Gasteiger partial charge in [0, 0.05) is 0 Å². The number of nitrogens with zero attached hydrogens (tertiary/aromatic N) is 3. The topological polar surface area (TPSA) is 73.3 Å². The summed E-state index contributed by atoms with van der Waals surface area (Å²) in [5.74, 6) is 0.799. The van der Waals surface area contributed by atoms with Gasteiger partial charge in [-0.05, 0) is 36.2 Å². The summed E-state index contributed by atoms with van der Waals surface area (Å²) in [7, 11) is 0. The van der Waals surface area contributed by atoms with Crippen LogP contribution < -0.4 is 5.32 Å². The second-order valence-electron chi connectivity index (χ2n) is 6.25. The zero-order valence-corrected chi connectivity index (χ0v) is 14.3. The van der Waals surface area contributed by atoms with E-state index in [4.69, 9.17) is 0 Å². The van der Waals surface area contributed by atoms with Crippen molar-refractivity contribution in [3.63, 3.8) is 0 Å². The summed E-state index contributed by atoms with van der Waals surface area (Å²) in [6.45, 7) is 1.86. The highest BCUT2D eigenvalue weighted by atomic mass is 16.3. The fourth-order valence-electron chi connectivity index (χ4n) is 3.30. The average Bonchev–Trinajstić information content (AvgIpc) is 3.06. The van der Waals surface area contributed by atoms with Crippen LogP contribution in [0, 0.1) is 18.3 Å². The van der Waals surface area contributed by atoms with Gasteiger partial charge in [0.25, 0.3) is 0 Å². The number of imidazole rings is 1. The monoisotopic (exact) mass is 342 g/mol. The van der Waals surface area contributed by atoms with Gasteiger partial charge in [0.2, 0.25) is 0 Å². The molecule has 0 aliphatic rings. The van der Waals surface area contributed by atoms with Gasteiger partial charge >= 0.3 is 0 Å². The molecule has 5 nitrogen and oxygen atoms in total. The fraction of sp³-hybridized carbons (Fsp3) is 0.143. The number of fused-ring (bicyclic) bond motifs is 3. The molecule has 2 aromatic carbocycles. The lowest BCUT2D eigenvalue weighted by Gasteiger charge is -2.20. The first-order chi connectivity index (χ1) is 12.7. The third-order valence-corrected chi connectivity index (χ3v) is 4.59. The van der Waals surface area contributed by atoms with E-state index in [2.05, 4.69) is 16.4 Å². The van der Waals surface area contributed by atoms with Crippen molar-refractivity contribution in [2.75, 3.05) is 11.9 Å². The molecule has 26 heavy (non-hydrogen) atoms. The highest BCUT2D eigenvalue weighted by Gasteiger charge is 2.17. The molecule has 0 saturated carbocycles. The zero-order valence-electron chi connectivity index (χ0n) is 14.3. The van der Waals surface area contributed by atoms with Crippen LogP contribution in [0.2, 0.25) is 0 Å². The second-order valence-corrected chi connectivity index (χ2v) is 6.25. The molecule has 0 radical (unpaired) electrons. The van der Waals surface area contributed by atoms with Crippen LogP contribution in [0.3, 0.4) is 0 Å². The number of benzene rings is 2. The van der Waals surface area contributed by atoms with E-state index in [9.17, 15) is 10.4 Å². The number of aromatic nitrogens is 2. The SMILES string of the molecule is Cc1cc(NC(CO)c2ccccc2)n2c(nc3ccccc32)c1C#N. The molecule has 0 amide bonds. The minimum atomic E-state index is -0.257. The number of aryl methyl sites for hydroxylation is 1. The Hall–Kier alpha value is -3.36. The Kier molecular flexibility index (Phi) is 4.04. The highest BCUT2D eigenvalue weighted by molar-refractivity contribution is 5.85. The smallest absolute Gasteiger partial charge is 0.157 e. The van der Waals surface area contributed by atoms with Gasteiger partial charge in [-0.15, -0.1) is 0 Å². The number of nitriles is 1. The molecule has 1 unspecified atom stereocenters. The predicted octanol–water partition coefficient (Wildman–Crippen LogP) is 3.81. The average molecular weight is 342 g/mol. The van der Waals surface area contributed by atoms with Crippen molar-refractivity contribution in [2.45, 2.75) is 13.0 Å². The third-order valence-electron chi connectivity index (χ3n) is 4.59. The third kappa shape index (κ3) is 2.57. The standard InChI is InChI=1S/C21H18N4O/c1-14-11-20(23-18(13-26)15-7-3-2-4-8-15)25-19-10-6-5-9-17(19)24-21(25)16(14)12-22/h2-11,18,23,26H,13H2,1H3. The largest absolute Gasteiger partial charge is 0.394 e. The van der Waals surface area contributed by atoms with E-state index in [1.165, 1.54) is 0 Å². The summed E-state index contributed by atoms with van der Waals surface area (Å²) < 4.78 is 1.95. The quantitative estimate of drug-likeness (QED) is 0.591. The molecule has 0 bridgehead atoms. The molecule has 0 aliphatic carbocycles. The number of nitrogens with one attached hydrogen (secondary N) is 1. The summed E-state index contributed by atoms with van der Waals surface area (Å²) in [5.41, 5.74) is 4.79. The molecule has 2 heterocycles. The van der Waals surface area contributed by atoms with Crippen LogP contribution in [-0.2, 0) is 0 Å². The van der Waals surface area contributed by atoms with Crippen LogP contribution in [0.1, 0.15) is 22.7 Å². The van der Waals surface area contributed by atoms with Gasteiger partial charge in [0.1, 0.15) is 11.9 Å². The molecule has 128 valence electrons. The van der Waals surface area contributed by atoms with Gasteiger partial charge in [-0.3, -0.25) is 4.40 Å². The van der Waals surface area contributed by atoms with Crippen LogP contribution in [0.4, 0.5) is 5.82 Å². The fourth-order valence-corrected chi connectivity index (χ4v) is 3.30. The number of hydrogen-bond acceptors (Lipinski definition) is 4. The molecule has 4 aromatic rings. The lowest BCUT2D eigenvalue weighted by atomic mass is 10.1. The molecule has 2 aromatic heterocycles. The summed E-state index contributed by atoms with van der Waals surface area (Å²) >= 11 is 0. The molecule has 0 fully saturated rings. The van der Waals surface area contributed by atoms with Gasteiger partial charge < -0.3 is 10.4 Å². The van der Waals surface area contributed by atoms with Crippen molar-refractivity contribution in [1.29, 1.82) is 5.26 Å². The normalized spacial score (nSPS) is 12.2. The van der Waals surface area contributed by atoms with E-state index >= 15 is 0 Å². The van der Waals surface area contributed by atoms with E-state index in [0.29, 0.717) is 11.2 Å². The van der Waals surface area contributed by atoms with Crippen molar-refractivity contribution < 1.29 is 5.11 Å². The van der Waals surface area contributed by atoms with Gasteiger partial charge in [-0.25, -0.2) is 4.98 Å². The molecule has 4 rings (SSSR count). The number of hydrogen-bond donors (Lipinski definition) is 2. The van der Waals surface area contributed by atoms with Crippen molar-refractivity contribution in [3.8, 4) is 6.07 Å². The minimum absolute atomic E-state index is 0.0445. The Morgan fingerprint density at radius 1 is 1.15 bits per heavy atom.